The average Bonchev–Trinajstić information content (AvgIpc) is 2.74. The molecule has 1 saturated carbocycles. The number of nitrogens with zero attached hydrogens (tertiary/aromatic N) is 1. The Morgan fingerprint density at radius 3 is 2.75 bits per heavy atom. The number of hydrogen-bond donors (Lipinski definition) is 1. The van der Waals surface area contributed by atoms with Crippen LogP contribution in [-0.2, 0) is 0 Å². The number of anilines is 2. The number of halogens is 1. The molecule has 1 aliphatic rings. The molecule has 88 valence electrons. The lowest BCUT2D eigenvalue weighted by Gasteiger charge is -2.24. The van der Waals surface area contributed by atoms with Crippen molar-refractivity contribution in [3.05, 3.63) is 22.7 Å². The van der Waals surface area contributed by atoms with Gasteiger partial charge >= 0.3 is 0 Å². The van der Waals surface area contributed by atoms with Gasteiger partial charge in [-0.05, 0) is 37.0 Å². The maximum Gasteiger partial charge on any atom is 0.0608 e. The molecule has 2 nitrogen and oxygen atoms in total. The topological polar surface area (TPSA) is 29.3 Å². The Labute approximate surface area is 106 Å². The lowest BCUT2D eigenvalue weighted by molar-refractivity contribution is 0.547. The van der Waals surface area contributed by atoms with Gasteiger partial charge < -0.3 is 10.6 Å². The van der Waals surface area contributed by atoms with Gasteiger partial charge in [-0.25, -0.2) is 0 Å². The molecule has 0 radical (unpaired) electrons. The van der Waals surface area contributed by atoms with Crippen LogP contribution in [0.1, 0.15) is 25.7 Å². The van der Waals surface area contributed by atoms with Crippen molar-refractivity contribution < 1.29 is 0 Å². The van der Waals surface area contributed by atoms with E-state index in [1.807, 2.05) is 12.1 Å². The van der Waals surface area contributed by atoms with Crippen LogP contribution in [0.3, 0.4) is 0 Å². The molecule has 0 bridgehead atoms. The standard InChI is InChI=1S/C13H19BrN2/c1-16(9-10-4-2-3-5-10)13-8-11(14)6-7-12(13)15/h6-8,10H,2-5,9,15H2,1H3. The molecule has 1 aromatic rings. The summed E-state index contributed by atoms with van der Waals surface area (Å²) in [5.41, 5.74) is 8.01. The fourth-order valence-corrected chi connectivity index (χ4v) is 2.87. The zero-order valence-corrected chi connectivity index (χ0v) is 11.3. The van der Waals surface area contributed by atoms with Gasteiger partial charge in [0.25, 0.3) is 0 Å². The summed E-state index contributed by atoms with van der Waals surface area (Å²) in [6.45, 7) is 1.13. The molecule has 2 N–H and O–H groups in total. The van der Waals surface area contributed by atoms with E-state index in [9.17, 15) is 0 Å². The van der Waals surface area contributed by atoms with Gasteiger partial charge in [-0.15, -0.1) is 0 Å². The Hall–Kier alpha value is -0.700. The summed E-state index contributed by atoms with van der Waals surface area (Å²) in [6.07, 6.45) is 5.54. The van der Waals surface area contributed by atoms with Gasteiger partial charge in [-0.2, -0.15) is 0 Å². The van der Waals surface area contributed by atoms with Crippen LogP contribution in [0.15, 0.2) is 22.7 Å². The van der Waals surface area contributed by atoms with E-state index in [1.165, 1.54) is 25.7 Å². The first-order chi connectivity index (χ1) is 7.66. The van der Waals surface area contributed by atoms with Crippen molar-refractivity contribution in [2.75, 3.05) is 24.2 Å². The van der Waals surface area contributed by atoms with E-state index < -0.39 is 0 Å². The van der Waals surface area contributed by atoms with Crippen LogP contribution in [-0.4, -0.2) is 13.6 Å². The summed E-state index contributed by atoms with van der Waals surface area (Å²) in [5, 5.41) is 0. The molecule has 0 amide bonds. The predicted octanol–water partition coefficient (Wildman–Crippen LogP) is 3.66. The molecule has 2 rings (SSSR count). The minimum Gasteiger partial charge on any atom is -0.397 e. The van der Waals surface area contributed by atoms with Crippen LogP contribution in [0, 0.1) is 5.92 Å². The third-order valence-corrected chi connectivity index (χ3v) is 3.90. The summed E-state index contributed by atoms with van der Waals surface area (Å²) >= 11 is 3.50. The number of hydrogen-bond acceptors (Lipinski definition) is 2. The second kappa shape index (κ2) is 5.09. The van der Waals surface area contributed by atoms with Crippen molar-refractivity contribution >= 4 is 27.3 Å². The third kappa shape index (κ3) is 2.70. The first kappa shape index (κ1) is 11.8. The van der Waals surface area contributed by atoms with Crippen molar-refractivity contribution in [3.63, 3.8) is 0 Å². The molecule has 16 heavy (non-hydrogen) atoms. The molecule has 1 fully saturated rings. The number of benzene rings is 1. The van der Waals surface area contributed by atoms with Gasteiger partial charge in [0.15, 0.2) is 0 Å². The first-order valence-electron chi connectivity index (χ1n) is 5.93. The van der Waals surface area contributed by atoms with Gasteiger partial charge in [0, 0.05) is 18.1 Å². The maximum atomic E-state index is 6.00. The summed E-state index contributed by atoms with van der Waals surface area (Å²) in [5.74, 6) is 0.850. The van der Waals surface area contributed by atoms with Gasteiger partial charge in [-0.3, -0.25) is 0 Å². The fraction of sp³-hybridized carbons (Fsp3) is 0.538. The van der Waals surface area contributed by atoms with E-state index >= 15 is 0 Å². The highest BCUT2D eigenvalue weighted by molar-refractivity contribution is 9.10. The van der Waals surface area contributed by atoms with E-state index in [2.05, 4.69) is 33.9 Å². The van der Waals surface area contributed by atoms with Crippen LogP contribution >= 0.6 is 15.9 Å². The molecule has 0 spiro atoms. The van der Waals surface area contributed by atoms with E-state index in [4.69, 9.17) is 5.73 Å². The predicted molar refractivity (Wildman–Crippen MR) is 73.8 cm³/mol. The molecule has 0 unspecified atom stereocenters. The molecule has 0 aromatic heterocycles. The van der Waals surface area contributed by atoms with E-state index in [1.54, 1.807) is 0 Å². The van der Waals surface area contributed by atoms with Gasteiger partial charge in [-0.1, -0.05) is 28.8 Å². The van der Waals surface area contributed by atoms with E-state index in [0.717, 1.165) is 28.3 Å². The molecular weight excluding hydrogens is 264 g/mol. The highest BCUT2D eigenvalue weighted by Gasteiger charge is 2.17. The summed E-state index contributed by atoms with van der Waals surface area (Å²) in [6, 6.07) is 6.05. The summed E-state index contributed by atoms with van der Waals surface area (Å²) < 4.78 is 1.09. The monoisotopic (exact) mass is 282 g/mol. The highest BCUT2D eigenvalue weighted by atomic mass is 79.9. The maximum absolute atomic E-state index is 6.00. The quantitative estimate of drug-likeness (QED) is 0.858. The van der Waals surface area contributed by atoms with Crippen LogP contribution in [0.5, 0.6) is 0 Å². The Morgan fingerprint density at radius 1 is 1.38 bits per heavy atom. The van der Waals surface area contributed by atoms with Crippen LogP contribution in [0.25, 0.3) is 0 Å². The van der Waals surface area contributed by atoms with Crippen LogP contribution in [0.4, 0.5) is 11.4 Å². The second-order valence-electron chi connectivity index (χ2n) is 4.73. The molecule has 0 saturated heterocycles. The smallest absolute Gasteiger partial charge is 0.0608 e. The summed E-state index contributed by atoms with van der Waals surface area (Å²) in [4.78, 5) is 2.29. The fourth-order valence-electron chi connectivity index (χ4n) is 2.53. The van der Waals surface area contributed by atoms with Gasteiger partial charge in [0.1, 0.15) is 0 Å². The van der Waals surface area contributed by atoms with Crippen molar-refractivity contribution in [3.8, 4) is 0 Å². The van der Waals surface area contributed by atoms with E-state index in [0.29, 0.717) is 0 Å². The molecule has 0 heterocycles. The SMILES string of the molecule is CN(CC1CCCC1)c1cc(Br)ccc1N. The van der Waals surface area contributed by atoms with E-state index in [-0.39, 0.29) is 0 Å². The van der Waals surface area contributed by atoms with Crippen molar-refractivity contribution in [2.24, 2.45) is 5.92 Å². The zero-order chi connectivity index (χ0) is 11.5. The molecule has 0 aliphatic heterocycles. The van der Waals surface area contributed by atoms with Crippen molar-refractivity contribution in [1.82, 2.24) is 0 Å². The Kier molecular flexibility index (Phi) is 3.74. The van der Waals surface area contributed by atoms with Crippen molar-refractivity contribution in [1.29, 1.82) is 0 Å². The number of rotatable bonds is 3. The van der Waals surface area contributed by atoms with Gasteiger partial charge in [0.05, 0.1) is 11.4 Å². The minimum atomic E-state index is 0.850. The lowest BCUT2D eigenvalue weighted by Crippen LogP contribution is -2.24. The average molecular weight is 283 g/mol. The molecule has 3 heteroatoms. The lowest BCUT2D eigenvalue weighted by atomic mass is 10.1. The first-order valence-corrected chi connectivity index (χ1v) is 6.72. The molecule has 0 atom stereocenters. The Morgan fingerprint density at radius 2 is 2.06 bits per heavy atom. The third-order valence-electron chi connectivity index (χ3n) is 3.41. The molecular formula is C13H19BrN2. The highest BCUT2D eigenvalue weighted by Crippen LogP contribution is 2.30. The second-order valence-corrected chi connectivity index (χ2v) is 5.65. The minimum absolute atomic E-state index is 0.850. The Bertz CT molecular complexity index is 359. The Balaban J connectivity index is 2.07. The zero-order valence-electron chi connectivity index (χ0n) is 9.75. The number of nitrogen functional groups attached to an aromatic ring is 1. The largest absolute Gasteiger partial charge is 0.397 e. The number of nitrogens with two attached hydrogens (primary N) is 1. The van der Waals surface area contributed by atoms with Gasteiger partial charge in [0.2, 0.25) is 0 Å². The van der Waals surface area contributed by atoms with Crippen LogP contribution in [0.2, 0.25) is 0 Å². The normalized spacial score (nSPS) is 16.6. The molecule has 1 aromatic carbocycles. The molecule has 1 aliphatic carbocycles. The van der Waals surface area contributed by atoms with Crippen LogP contribution < -0.4 is 10.6 Å². The summed E-state index contributed by atoms with van der Waals surface area (Å²) in [7, 11) is 2.14. The van der Waals surface area contributed by atoms with Crippen molar-refractivity contribution in [2.45, 2.75) is 25.7 Å².